The molecule has 1 saturated carbocycles. The van der Waals surface area contributed by atoms with Crippen LogP contribution in [0.2, 0.25) is 0 Å². The molecule has 0 saturated heterocycles. The third-order valence-electron chi connectivity index (χ3n) is 3.57. The summed E-state index contributed by atoms with van der Waals surface area (Å²) in [5, 5.41) is 9.00. The van der Waals surface area contributed by atoms with Crippen molar-refractivity contribution in [1.82, 2.24) is 9.88 Å². The Labute approximate surface area is 101 Å². The molecule has 1 aliphatic carbocycles. The van der Waals surface area contributed by atoms with E-state index in [1.165, 1.54) is 0 Å². The molecule has 0 spiro atoms. The van der Waals surface area contributed by atoms with Gasteiger partial charge in [0, 0.05) is 30.9 Å². The van der Waals surface area contributed by atoms with Crippen LogP contribution < -0.4 is 0 Å². The first-order valence-electron chi connectivity index (χ1n) is 6.01. The Morgan fingerprint density at radius 1 is 1.53 bits per heavy atom. The second-order valence-corrected chi connectivity index (χ2v) is 4.64. The summed E-state index contributed by atoms with van der Waals surface area (Å²) in [5.41, 5.74) is 1.06. The van der Waals surface area contributed by atoms with Gasteiger partial charge in [-0.05, 0) is 32.0 Å². The maximum absolute atomic E-state index is 10.9. The summed E-state index contributed by atoms with van der Waals surface area (Å²) in [5.74, 6) is -0.838. The van der Waals surface area contributed by atoms with Gasteiger partial charge in [0.2, 0.25) is 0 Å². The zero-order chi connectivity index (χ0) is 12.3. The van der Waals surface area contributed by atoms with Gasteiger partial charge in [0.15, 0.2) is 0 Å². The van der Waals surface area contributed by atoms with Crippen LogP contribution in [0.4, 0.5) is 0 Å². The Hall–Kier alpha value is -1.42. The van der Waals surface area contributed by atoms with Crippen molar-refractivity contribution in [2.45, 2.75) is 25.3 Å². The molecule has 1 aliphatic rings. The van der Waals surface area contributed by atoms with Crippen molar-refractivity contribution < 1.29 is 9.90 Å². The van der Waals surface area contributed by atoms with Gasteiger partial charge >= 0.3 is 5.97 Å². The van der Waals surface area contributed by atoms with Crippen LogP contribution in [0, 0.1) is 5.92 Å². The Bertz CT molecular complexity index is 380. The van der Waals surface area contributed by atoms with Gasteiger partial charge in [-0.2, -0.15) is 0 Å². The van der Waals surface area contributed by atoms with Crippen LogP contribution in [0.25, 0.3) is 0 Å². The van der Waals surface area contributed by atoms with Gasteiger partial charge in [-0.25, -0.2) is 0 Å². The van der Waals surface area contributed by atoms with Crippen LogP contribution in [0.1, 0.15) is 18.5 Å². The number of aliphatic carboxylic acids is 1. The number of nitrogens with zero attached hydrogens (tertiary/aromatic N) is 2. The zero-order valence-corrected chi connectivity index (χ0v) is 10.0. The van der Waals surface area contributed by atoms with E-state index < -0.39 is 5.97 Å². The van der Waals surface area contributed by atoms with E-state index in [0.29, 0.717) is 0 Å². The van der Waals surface area contributed by atoms with Gasteiger partial charge < -0.3 is 10.0 Å². The number of hydrogen-bond acceptors (Lipinski definition) is 3. The average molecular weight is 234 g/mol. The third kappa shape index (κ3) is 2.82. The highest BCUT2D eigenvalue weighted by Gasteiger charge is 2.38. The van der Waals surface area contributed by atoms with Gasteiger partial charge in [0.1, 0.15) is 0 Å². The molecule has 92 valence electrons. The first kappa shape index (κ1) is 12.0. The largest absolute Gasteiger partial charge is 0.481 e. The predicted octanol–water partition coefficient (Wildman–Crippen LogP) is 1.42. The van der Waals surface area contributed by atoms with Crippen molar-refractivity contribution in [1.29, 1.82) is 0 Å². The molecular weight excluding hydrogens is 216 g/mol. The second kappa shape index (κ2) is 5.27. The van der Waals surface area contributed by atoms with Gasteiger partial charge in [-0.3, -0.25) is 9.78 Å². The molecule has 1 N–H and O–H groups in total. The topological polar surface area (TPSA) is 53.4 Å². The van der Waals surface area contributed by atoms with Gasteiger partial charge in [-0.15, -0.1) is 0 Å². The summed E-state index contributed by atoms with van der Waals surface area (Å²) in [7, 11) is 2.00. The number of carboxylic acids is 1. The molecule has 17 heavy (non-hydrogen) atoms. The number of pyridine rings is 1. The lowest BCUT2D eigenvalue weighted by Gasteiger charge is -2.40. The van der Waals surface area contributed by atoms with Crippen LogP contribution in [-0.2, 0) is 11.2 Å². The molecule has 4 heteroatoms. The minimum atomic E-state index is -0.661. The minimum absolute atomic E-state index is 0.177. The van der Waals surface area contributed by atoms with Crippen molar-refractivity contribution in [3.63, 3.8) is 0 Å². The standard InChI is InChI=1S/C13H18N2O2/c1-15(12-6-5-11(12)13(16)17)9-7-10-4-2-3-8-14-10/h2-4,8,11-12H,5-7,9H2,1H3,(H,16,17). The van der Waals surface area contributed by atoms with E-state index in [1.54, 1.807) is 6.20 Å². The molecule has 0 bridgehead atoms. The van der Waals surface area contributed by atoms with E-state index >= 15 is 0 Å². The Morgan fingerprint density at radius 3 is 2.88 bits per heavy atom. The molecule has 2 atom stereocenters. The molecule has 1 fully saturated rings. The van der Waals surface area contributed by atoms with Crippen LogP contribution in [-0.4, -0.2) is 40.6 Å². The molecule has 0 aromatic carbocycles. The van der Waals surface area contributed by atoms with Crippen LogP contribution in [0.3, 0.4) is 0 Å². The number of likely N-dealkylation sites (N-methyl/N-ethyl adjacent to an activating group) is 1. The normalized spacial score (nSPS) is 23.4. The van der Waals surface area contributed by atoms with E-state index in [2.05, 4.69) is 9.88 Å². The van der Waals surface area contributed by atoms with Crippen molar-refractivity contribution in [2.75, 3.05) is 13.6 Å². The number of aromatic nitrogens is 1. The highest BCUT2D eigenvalue weighted by atomic mass is 16.4. The molecular formula is C13H18N2O2. The smallest absolute Gasteiger partial charge is 0.308 e. The van der Waals surface area contributed by atoms with Gasteiger partial charge in [0.05, 0.1) is 5.92 Å². The third-order valence-corrected chi connectivity index (χ3v) is 3.57. The van der Waals surface area contributed by atoms with E-state index in [4.69, 9.17) is 5.11 Å². The van der Waals surface area contributed by atoms with E-state index in [-0.39, 0.29) is 12.0 Å². The monoisotopic (exact) mass is 234 g/mol. The summed E-state index contributed by atoms with van der Waals surface area (Å²) in [4.78, 5) is 17.3. The molecule has 1 aromatic rings. The van der Waals surface area contributed by atoms with Crippen LogP contribution in [0.15, 0.2) is 24.4 Å². The average Bonchev–Trinajstić information content (AvgIpc) is 2.25. The van der Waals surface area contributed by atoms with Crippen LogP contribution in [0.5, 0.6) is 0 Å². The first-order valence-corrected chi connectivity index (χ1v) is 6.01. The SMILES string of the molecule is CN(CCc1ccccn1)C1CCC1C(=O)O. The Morgan fingerprint density at radius 2 is 2.35 bits per heavy atom. The number of rotatable bonds is 5. The summed E-state index contributed by atoms with van der Waals surface area (Å²) >= 11 is 0. The summed E-state index contributed by atoms with van der Waals surface area (Å²) in [6, 6.07) is 6.09. The van der Waals surface area contributed by atoms with E-state index in [9.17, 15) is 4.79 Å². The second-order valence-electron chi connectivity index (χ2n) is 4.64. The van der Waals surface area contributed by atoms with Gasteiger partial charge in [0.25, 0.3) is 0 Å². The van der Waals surface area contributed by atoms with Crippen molar-refractivity contribution in [3.8, 4) is 0 Å². The number of hydrogen-bond donors (Lipinski definition) is 1. The maximum Gasteiger partial charge on any atom is 0.308 e. The lowest BCUT2D eigenvalue weighted by atomic mass is 9.78. The van der Waals surface area contributed by atoms with Crippen LogP contribution >= 0.6 is 0 Å². The molecule has 0 amide bonds. The van der Waals surface area contributed by atoms with Crippen molar-refractivity contribution in [3.05, 3.63) is 30.1 Å². The molecule has 4 nitrogen and oxygen atoms in total. The summed E-state index contributed by atoms with van der Waals surface area (Å²) in [6.07, 6.45) is 4.47. The Balaban J connectivity index is 1.82. The van der Waals surface area contributed by atoms with E-state index in [0.717, 1.165) is 31.5 Å². The maximum atomic E-state index is 10.9. The number of carbonyl (C=O) groups is 1. The van der Waals surface area contributed by atoms with Crippen molar-refractivity contribution >= 4 is 5.97 Å². The Kier molecular flexibility index (Phi) is 3.74. The fourth-order valence-corrected chi connectivity index (χ4v) is 2.30. The molecule has 0 radical (unpaired) electrons. The predicted molar refractivity (Wildman–Crippen MR) is 64.7 cm³/mol. The molecule has 2 unspecified atom stereocenters. The number of carboxylic acid groups (broad SMARTS) is 1. The molecule has 0 aliphatic heterocycles. The fraction of sp³-hybridized carbons (Fsp3) is 0.538. The zero-order valence-electron chi connectivity index (χ0n) is 10.0. The van der Waals surface area contributed by atoms with Gasteiger partial charge in [-0.1, -0.05) is 6.07 Å². The molecule has 1 aromatic heterocycles. The highest BCUT2D eigenvalue weighted by molar-refractivity contribution is 5.72. The lowest BCUT2D eigenvalue weighted by molar-refractivity contribution is -0.148. The quantitative estimate of drug-likeness (QED) is 0.837. The summed E-state index contributed by atoms with van der Waals surface area (Å²) in [6.45, 7) is 0.867. The lowest BCUT2D eigenvalue weighted by Crippen LogP contribution is -2.49. The molecule has 2 rings (SSSR count). The van der Waals surface area contributed by atoms with Crippen molar-refractivity contribution in [2.24, 2.45) is 5.92 Å². The summed E-state index contributed by atoms with van der Waals surface area (Å²) < 4.78 is 0. The first-order chi connectivity index (χ1) is 8.18. The molecule has 1 heterocycles. The van der Waals surface area contributed by atoms with E-state index in [1.807, 2.05) is 25.2 Å². The fourth-order valence-electron chi connectivity index (χ4n) is 2.30. The highest BCUT2D eigenvalue weighted by Crippen LogP contribution is 2.31. The minimum Gasteiger partial charge on any atom is -0.481 e.